The Morgan fingerprint density at radius 3 is 2.83 bits per heavy atom. The first-order valence-electron chi connectivity index (χ1n) is 4.98. The molecule has 8 nitrogen and oxygen atoms in total. The topological polar surface area (TPSA) is 107 Å². The van der Waals surface area contributed by atoms with E-state index in [1.165, 1.54) is 19.2 Å². The highest BCUT2D eigenvalue weighted by Crippen LogP contribution is 2.37. The predicted molar refractivity (Wildman–Crippen MR) is 68.6 cm³/mol. The van der Waals surface area contributed by atoms with Crippen molar-refractivity contribution < 1.29 is 18.4 Å². The van der Waals surface area contributed by atoms with Crippen molar-refractivity contribution in [2.24, 2.45) is 0 Å². The molecule has 0 fully saturated rings. The van der Waals surface area contributed by atoms with Gasteiger partial charge in [0.1, 0.15) is 17.3 Å². The van der Waals surface area contributed by atoms with Crippen molar-refractivity contribution in [1.82, 2.24) is 10.2 Å². The second-order valence-corrected chi connectivity index (χ2v) is 6.06. The van der Waals surface area contributed by atoms with Crippen LogP contribution in [0.2, 0.25) is 0 Å². The number of nitro groups is 1. The molecule has 1 aromatic heterocycles. The molecule has 1 aromatic rings. The zero-order chi connectivity index (χ0) is 13.6. The third kappa shape index (κ3) is 4.51. The van der Waals surface area contributed by atoms with Crippen molar-refractivity contribution >= 4 is 29.5 Å². The fraction of sp³-hybridized carbons (Fsp3) is 0.500. The maximum atomic E-state index is 12.0. The van der Waals surface area contributed by atoms with Gasteiger partial charge in [-0.05, 0) is 13.1 Å². The highest BCUT2D eigenvalue weighted by molar-refractivity contribution is 9.09. The van der Waals surface area contributed by atoms with E-state index in [9.17, 15) is 14.7 Å². The van der Waals surface area contributed by atoms with Gasteiger partial charge in [0.25, 0.3) is 0 Å². The van der Waals surface area contributed by atoms with Crippen LogP contribution in [-0.4, -0.2) is 23.8 Å². The van der Waals surface area contributed by atoms with E-state index in [0.29, 0.717) is 11.9 Å². The first kappa shape index (κ1) is 15.3. The summed E-state index contributed by atoms with van der Waals surface area (Å²) in [5, 5.41) is 16.3. The molecule has 102 valence electrons. The number of halogens is 1. The zero-order valence-electron chi connectivity index (χ0n) is 9.59. The van der Waals surface area contributed by atoms with Crippen molar-refractivity contribution in [2.45, 2.75) is 6.61 Å². The molecule has 0 bridgehead atoms. The molecule has 10 heteroatoms. The van der Waals surface area contributed by atoms with Crippen LogP contribution >= 0.6 is 23.6 Å². The molecule has 0 aliphatic heterocycles. The highest BCUT2D eigenvalue weighted by atomic mass is 79.9. The number of nitrogens with one attached hydrogen (secondary N) is 2. The maximum Gasteiger partial charge on any atom is 0.433 e. The minimum absolute atomic E-state index is 0.124. The van der Waals surface area contributed by atoms with E-state index in [2.05, 4.69) is 26.1 Å². The van der Waals surface area contributed by atoms with Crippen LogP contribution in [0.4, 0.5) is 5.88 Å². The molecule has 0 aliphatic carbocycles. The van der Waals surface area contributed by atoms with E-state index in [1.54, 1.807) is 0 Å². The van der Waals surface area contributed by atoms with Gasteiger partial charge in [-0.3, -0.25) is 19.2 Å². The van der Waals surface area contributed by atoms with Crippen LogP contribution in [0, 0.1) is 10.1 Å². The molecule has 2 N–H and O–H groups in total. The molecule has 1 atom stereocenters. The smallest absolute Gasteiger partial charge is 0.403 e. The highest BCUT2D eigenvalue weighted by Gasteiger charge is 2.21. The van der Waals surface area contributed by atoms with Gasteiger partial charge in [0.05, 0.1) is 6.07 Å². The summed E-state index contributed by atoms with van der Waals surface area (Å²) in [6.45, 7) is 0.331. The third-order valence-electron chi connectivity index (χ3n) is 1.92. The van der Waals surface area contributed by atoms with Crippen molar-refractivity contribution in [2.75, 3.05) is 18.9 Å². The molecule has 18 heavy (non-hydrogen) atoms. The van der Waals surface area contributed by atoms with Crippen LogP contribution in [0.5, 0.6) is 0 Å². The lowest BCUT2D eigenvalue weighted by Crippen LogP contribution is -2.23. The standard InChI is InChI=1S/C8H13BrN3O5P/c1-10-18(15,11-5-4-9)16-6-7-2-3-8(17-7)12(13)14/h2-3H,4-6H2,1H3,(H2,10,11,15). The third-order valence-corrected chi connectivity index (χ3v) is 4.04. The van der Waals surface area contributed by atoms with Crippen LogP contribution in [0.25, 0.3) is 0 Å². The summed E-state index contributed by atoms with van der Waals surface area (Å²) in [6, 6.07) is 2.62. The molecule has 0 amide bonds. The minimum atomic E-state index is -3.16. The van der Waals surface area contributed by atoms with E-state index >= 15 is 0 Å². The van der Waals surface area contributed by atoms with Crippen molar-refractivity contribution in [3.63, 3.8) is 0 Å². The number of alkyl halides is 1. The number of rotatable bonds is 8. The number of hydrogen-bond donors (Lipinski definition) is 2. The molecule has 0 aliphatic rings. The summed E-state index contributed by atoms with van der Waals surface area (Å²) >= 11 is 3.19. The van der Waals surface area contributed by atoms with Crippen molar-refractivity contribution in [3.8, 4) is 0 Å². The van der Waals surface area contributed by atoms with Crippen LogP contribution in [0.3, 0.4) is 0 Å². The van der Waals surface area contributed by atoms with E-state index in [-0.39, 0.29) is 18.3 Å². The van der Waals surface area contributed by atoms with Gasteiger partial charge in [0, 0.05) is 11.9 Å². The summed E-state index contributed by atoms with van der Waals surface area (Å²) in [5.41, 5.74) is 0. The maximum absolute atomic E-state index is 12.0. The molecular weight excluding hydrogens is 329 g/mol. The lowest BCUT2D eigenvalue weighted by molar-refractivity contribution is -0.402. The molecule has 0 radical (unpaired) electrons. The number of furan rings is 1. The van der Waals surface area contributed by atoms with Gasteiger partial charge in [0.15, 0.2) is 0 Å². The van der Waals surface area contributed by atoms with Crippen molar-refractivity contribution in [1.29, 1.82) is 0 Å². The monoisotopic (exact) mass is 341 g/mol. The second-order valence-electron chi connectivity index (χ2n) is 3.14. The van der Waals surface area contributed by atoms with Gasteiger partial charge in [-0.1, -0.05) is 15.9 Å². The SMILES string of the molecule is CNP(=O)(NCCBr)OCc1ccc([N+](=O)[O-])o1. The van der Waals surface area contributed by atoms with Gasteiger partial charge in [-0.2, -0.15) is 0 Å². The summed E-state index contributed by atoms with van der Waals surface area (Å²) in [4.78, 5) is 9.75. The molecular formula is C8H13BrN3O5P. The molecule has 1 rings (SSSR count). The summed E-state index contributed by atoms with van der Waals surface area (Å²) in [7, 11) is -1.66. The fourth-order valence-electron chi connectivity index (χ4n) is 1.08. The first-order valence-corrected chi connectivity index (χ1v) is 7.73. The van der Waals surface area contributed by atoms with Gasteiger partial charge in [0.2, 0.25) is 0 Å². The van der Waals surface area contributed by atoms with Gasteiger partial charge >= 0.3 is 13.6 Å². The van der Waals surface area contributed by atoms with E-state index < -0.39 is 12.6 Å². The average molecular weight is 342 g/mol. The van der Waals surface area contributed by atoms with E-state index in [0.717, 1.165) is 0 Å². The van der Waals surface area contributed by atoms with Crippen LogP contribution in [-0.2, 0) is 15.7 Å². The van der Waals surface area contributed by atoms with Crippen LogP contribution < -0.4 is 10.2 Å². The predicted octanol–water partition coefficient (Wildman–Crippen LogP) is 2.02. The molecule has 1 heterocycles. The Labute approximate surface area is 112 Å². The van der Waals surface area contributed by atoms with Gasteiger partial charge in [-0.15, -0.1) is 0 Å². The minimum Gasteiger partial charge on any atom is -0.403 e. The Morgan fingerprint density at radius 2 is 2.33 bits per heavy atom. The van der Waals surface area contributed by atoms with E-state index in [4.69, 9.17) is 8.94 Å². The van der Waals surface area contributed by atoms with Gasteiger partial charge in [-0.25, -0.2) is 10.2 Å². The van der Waals surface area contributed by atoms with Crippen LogP contribution in [0.15, 0.2) is 16.5 Å². The second kappa shape index (κ2) is 7.01. The Kier molecular flexibility index (Phi) is 5.97. The largest absolute Gasteiger partial charge is 0.433 e. The lowest BCUT2D eigenvalue weighted by Gasteiger charge is -2.17. The first-order chi connectivity index (χ1) is 8.50. The summed E-state index contributed by atoms with van der Waals surface area (Å²) in [5.74, 6) is -0.140. The lowest BCUT2D eigenvalue weighted by atomic mass is 10.5. The molecule has 0 spiro atoms. The zero-order valence-corrected chi connectivity index (χ0v) is 12.1. The average Bonchev–Trinajstić information content (AvgIpc) is 2.83. The number of nitrogens with zero attached hydrogens (tertiary/aromatic N) is 1. The normalized spacial score (nSPS) is 14.3. The Balaban J connectivity index is 2.56. The van der Waals surface area contributed by atoms with Crippen molar-refractivity contribution in [3.05, 3.63) is 28.0 Å². The molecule has 1 unspecified atom stereocenters. The molecule has 0 saturated heterocycles. The fourth-order valence-corrected chi connectivity index (χ4v) is 2.67. The Morgan fingerprint density at radius 1 is 1.61 bits per heavy atom. The quantitative estimate of drug-likeness (QED) is 0.322. The van der Waals surface area contributed by atoms with E-state index in [1.807, 2.05) is 0 Å². The molecule has 0 aromatic carbocycles. The Bertz CT molecular complexity index is 452. The summed E-state index contributed by atoms with van der Waals surface area (Å²) < 4.78 is 22.0. The van der Waals surface area contributed by atoms with Gasteiger partial charge < -0.3 is 4.42 Å². The Hall–Kier alpha value is -0.730. The number of hydrogen-bond acceptors (Lipinski definition) is 5. The summed E-state index contributed by atoms with van der Waals surface area (Å²) in [6.07, 6.45) is 0. The van der Waals surface area contributed by atoms with Crippen LogP contribution in [0.1, 0.15) is 5.76 Å². The molecule has 0 saturated carbocycles.